The normalized spacial score (nSPS) is 18.5. The number of amides is 1. The van der Waals surface area contributed by atoms with E-state index in [1.807, 2.05) is 0 Å². The van der Waals surface area contributed by atoms with Gasteiger partial charge in [0.15, 0.2) is 0 Å². The molecule has 0 saturated heterocycles. The molecule has 1 aromatic rings. The van der Waals surface area contributed by atoms with Crippen molar-refractivity contribution in [2.45, 2.75) is 25.6 Å². The van der Waals surface area contributed by atoms with Crippen molar-refractivity contribution in [1.29, 1.82) is 0 Å². The van der Waals surface area contributed by atoms with Crippen molar-refractivity contribution >= 4 is 11.6 Å². The summed E-state index contributed by atoms with van der Waals surface area (Å²) in [5.74, 6) is -0.157. The Bertz CT molecular complexity index is 499. The van der Waals surface area contributed by atoms with Crippen molar-refractivity contribution in [1.82, 2.24) is 4.90 Å². The second-order valence-corrected chi connectivity index (χ2v) is 4.66. The number of rotatable bonds is 1. The lowest BCUT2D eigenvalue weighted by Crippen LogP contribution is -2.33. The average molecular weight is 272 g/mol. The van der Waals surface area contributed by atoms with Crippen molar-refractivity contribution in [2.75, 3.05) is 18.9 Å². The lowest BCUT2D eigenvalue weighted by Gasteiger charge is -2.33. The third kappa shape index (κ3) is 2.67. The van der Waals surface area contributed by atoms with Gasteiger partial charge in [0.2, 0.25) is 5.91 Å². The zero-order valence-electron chi connectivity index (χ0n) is 10.7. The quantitative estimate of drug-likeness (QED) is 0.852. The number of hydrogen-bond donors (Lipinski definition) is 1. The fourth-order valence-electron chi connectivity index (χ4n) is 2.30. The van der Waals surface area contributed by atoms with E-state index in [0.717, 1.165) is 12.1 Å². The van der Waals surface area contributed by atoms with Gasteiger partial charge in [0, 0.05) is 26.2 Å². The molecule has 1 aliphatic heterocycles. The van der Waals surface area contributed by atoms with Crippen molar-refractivity contribution in [2.24, 2.45) is 0 Å². The first-order chi connectivity index (χ1) is 8.80. The van der Waals surface area contributed by atoms with E-state index < -0.39 is 11.7 Å². The minimum atomic E-state index is -4.37. The minimum absolute atomic E-state index is 0.157. The lowest BCUT2D eigenvalue weighted by molar-refractivity contribution is -0.137. The molecule has 0 aromatic heterocycles. The van der Waals surface area contributed by atoms with Crippen molar-refractivity contribution in [3.05, 3.63) is 29.3 Å². The molecule has 0 aliphatic carbocycles. The van der Waals surface area contributed by atoms with E-state index in [1.165, 1.54) is 17.9 Å². The molecule has 1 heterocycles. The van der Waals surface area contributed by atoms with E-state index in [1.54, 1.807) is 7.05 Å². The molecule has 0 saturated carbocycles. The molecule has 104 valence electrons. The number of halogens is 3. The summed E-state index contributed by atoms with van der Waals surface area (Å²) in [6.45, 7) is 2.05. The van der Waals surface area contributed by atoms with Gasteiger partial charge in [0.05, 0.1) is 11.6 Å². The van der Waals surface area contributed by atoms with Crippen molar-refractivity contribution < 1.29 is 18.0 Å². The van der Waals surface area contributed by atoms with Crippen LogP contribution < -0.4 is 5.32 Å². The number of carbonyl (C=O) groups excluding carboxylic acids is 1. The summed E-state index contributed by atoms with van der Waals surface area (Å²) in [7, 11) is 1.61. The van der Waals surface area contributed by atoms with Crippen molar-refractivity contribution in [3.8, 4) is 0 Å². The highest BCUT2D eigenvalue weighted by molar-refractivity contribution is 5.74. The number of anilines is 1. The molecule has 0 spiro atoms. The number of fused-ring (bicyclic) bond motifs is 1. The fraction of sp³-hybridized carbons (Fsp3) is 0.462. The van der Waals surface area contributed by atoms with Gasteiger partial charge in [-0.3, -0.25) is 4.79 Å². The molecule has 3 nitrogen and oxygen atoms in total. The summed E-state index contributed by atoms with van der Waals surface area (Å²) in [6, 6.07) is 3.31. The summed E-state index contributed by atoms with van der Waals surface area (Å²) < 4.78 is 38.2. The number of hydrogen-bond acceptors (Lipinski definition) is 2. The van der Waals surface area contributed by atoms with Crippen LogP contribution in [-0.4, -0.2) is 24.4 Å². The molecule has 0 fully saturated rings. The van der Waals surface area contributed by atoms with Crippen molar-refractivity contribution in [3.63, 3.8) is 0 Å². The minimum Gasteiger partial charge on any atom is -0.385 e. The lowest BCUT2D eigenvalue weighted by atomic mass is 9.94. The predicted molar refractivity (Wildman–Crippen MR) is 65.7 cm³/mol. The van der Waals surface area contributed by atoms with Gasteiger partial charge in [-0.05, 0) is 30.2 Å². The summed E-state index contributed by atoms with van der Waals surface area (Å²) in [6.07, 6.45) is -3.77. The van der Waals surface area contributed by atoms with Gasteiger partial charge in [-0.25, -0.2) is 0 Å². The maximum absolute atomic E-state index is 12.7. The summed E-state index contributed by atoms with van der Waals surface area (Å²) in [4.78, 5) is 12.9. The number of nitrogens with one attached hydrogen (secondary N) is 1. The topological polar surface area (TPSA) is 32.3 Å². The molecule has 1 aliphatic rings. The van der Waals surface area contributed by atoms with Crippen LogP contribution in [0, 0.1) is 0 Å². The zero-order valence-corrected chi connectivity index (χ0v) is 10.7. The van der Waals surface area contributed by atoms with Gasteiger partial charge in [-0.1, -0.05) is 0 Å². The molecule has 0 radical (unpaired) electrons. The Hall–Kier alpha value is -1.72. The molecule has 1 aromatic carbocycles. The third-order valence-electron chi connectivity index (χ3n) is 3.44. The largest absolute Gasteiger partial charge is 0.416 e. The molecule has 2 rings (SSSR count). The number of alkyl halides is 3. The highest BCUT2D eigenvalue weighted by Gasteiger charge is 2.33. The first kappa shape index (κ1) is 13.7. The zero-order chi connectivity index (χ0) is 14.2. The van der Waals surface area contributed by atoms with Crippen LogP contribution >= 0.6 is 0 Å². The molecular weight excluding hydrogens is 257 g/mol. The monoisotopic (exact) mass is 272 g/mol. The van der Waals surface area contributed by atoms with E-state index in [9.17, 15) is 18.0 Å². The molecular formula is C13H15F3N2O. The first-order valence-electron chi connectivity index (χ1n) is 5.99. The van der Waals surface area contributed by atoms with E-state index in [-0.39, 0.29) is 11.9 Å². The summed E-state index contributed by atoms with van der Waals surface area (Å²) in [5, 5.41) is 3.06. The molecule has 1 atom stereocenters. The van der Waals surface area contributed by atoms with E-state index in [4.69, 9.17) is 0 Å². The Morgan fingerprint density at radius 2 is 2.11 bits per heavy atom. The van der Waals surface area contributed by atoms with E-state index in [0.29, 0.717) is 24.2 Å². The molecule has 0 bridgehead atoms. The van der Waals surface area contributed by atoms with Gasteiger partial charge >= 0.3 is 6.18 Å². The highest BCUT2D eigenvalue weighted by atomic mass is 19.4. The highest BCUT2D eigenvalue weighted by Crippen LogP contribution is 2.38. The SMILES string of the molecule is CC(=O)N(C)C1CCNc2ccc(C(F)(F)F)cc21. The summed E-state index contributed by atoms with van der Waals surface area (Å²) >= 11 is 0. The molecule has 1 unspecified atom stereocenters. The van der Waals surface area contributed by atoms with Gasteiger partial charge < -0.3 is 10.2 Å². The Kier molecular flexibility index (Phi) is 3.43. The number of nitrogens with zero attached hydrogens (tertiary/aromatic N) is 1. The van der Waals surface area contributed by atoms with Gasteiger partial charge in [-0.2, -0.15) is 13.2 Å². The van der Waals surface area contributed by atoms with Gasteiger partial charge in [0.25, 0.3) is 0 Å². The first-order valence-corrected chi connectivity index (χ1v) is 5.99. The Labute approximate surface area is 109 Å². The Balaban J connectivity index is 2.44. The van der Waals surface area contributed by atoms with E-state index >= 15 is 0 Å². The average Bonchev–Trinajstić information content (AvgIpc) is 2.35. The second kappa shape index (κ2) is 4.75. The van der Waals surface area contributed by atoms with Crippen LogP contribution in [-0.2, 0) is 11.0 Å². The smallest absolute Gasteiger partial charge is 0.385 e. The van der Waals surface area contributed by atoms with Crippen LogP contribution in [0.4, 0.5) is 18.9 Å². The van der Waals surface area contributed by atoms with Crippen LogP contribution in [0.3, 0.4) is 0 Å². The van der Waals surface area contributed by atoms with Gasteiger partial charge in [-0.15, -0.1) is 0 Å². The van der Waals surface area contributed by atoms with Crippen LogP contribution in [0.15, 0.2) is 18.2 Å². The number of benzene rings is 1. The summed E-state index contributed by atoms with van der Waals surface area (Å²) in [5.41, 5.74) is 0.507. The molecule has 6 heteroatoms. The predicted octanol–water partition coefficient (Wildman–Crippen LogP) is 3.04. The molecule has 1 N–H and O–H groups in total. The maximum atomic E-state index is 12.7. The standard InChI is InChI=1S/C13H15F3N2O/c1-8(19)18(2)12-5-6-17-11-4-3-9(7-10(11)12)13(14,15)16/h3-4,7,12,17H,5-6H2,1-2H3. The third-order valence-corrected chi connectivity index (χ3v) is 3.44. The Morgan fingerprint density at radius 3 is 2.68 bits per heavy atom. The van der Waals surface area contributed by atoms with Crippen LogP contribution in [0.1, 0.15) is 30.5 Å². The Morgan fingerprint density at radius 1 is 1.42 bits per heavy atom. The van der Waals surface area contributed by atoms with Crippen LogP contribution in [0.5, 0.6) is 0 Å². The van der Waals surface area contributed by atoms with Crippen LogP contribution in [0.25, 0.3) is 0 Å². The molecule has 1 amide bonds. The number of carbonyl (C=O) groups is 1. The van der Waals surface area contributed by atoms with E-state index in [2.05, 4.69) is 5.32 Å². The van der Waals surface area contributed by atoms with Crippen LogP contribution in [0.2, 0.25) is 0 Å². The maximum Gasteiger partial charge on any atom is 0.416 e. The molecule has 19 heavy (non-hydrogen) atoms. The fourth-order valence-corrected chi connectivity index (χ4v) is 2.30. The van der Waals surface area contributed by atoms with Gasteiger partial charge in [0.1, 0.15) is 0 Å². The second-order valence-electron chi connectivity index (χ2n) is 4.66.